The average Bonchev–Trinajstić information content (AvgIpc) is 3.08. The van der Waals surface area contributed by atoms with Crippen molar-refractivity contribution in [3.05, 3.63) is 20.8 Å². The zero-order chi connectivity index (χ0) is 12.8. The average molecular weight is 342 g/mol. The van der Waals surface area contributed by atoms with Crippen molar-refractivity contribution in [1.82, 2.24) is 9.96 Å². The molecule has 0 aliphatic carbocycles. The molecule has 4 aliphatic heterocycles. The first-order valence-corrected chi connectivity index (χ1v) is 8.38. The van der Waals surface area contributed by atoms with E-state index in [9.17, 15) is 0 Å². The number of piperidine rings is 3. The molecule has 1 aromatic heterocycles. The van der Waals surface area contributed by atoms with Crippen LogP contribution in [0.2, 0.25) is 0 Å². The minimum Gasteiger partial charge on any atom is -0.382 e. The molecule has 5 heterocycles. The minimum absolute atomic E-state index is 0.521. The Morgan fingerprint density at radius 3 is 2.79 bits per heavy atom. The number of halogens is 1. The summed E-state index contributed by atoms with van der Waals surface area (Å²) in [5, 5.41) is 2.10. The Morgan fingerprint density at radius 1 is 1.32 bits per heavy atom. The van der Waals surface area contributed by atoms with Gasteiger partial charge in [-0.15, -0.1) is 16.4 Å². The van der Waals surface area contributed by atoms with Crippen LogP contribution in [0, 0.1) is 5.92 Å². The minimum atomic E-state index is 0.521. The van der Waals surface area contributed by atoms with Crippen molar-refractivity contribution in [2.24, 2.45) is 10.9 Å². The number of hydrogen-bond acceptors (Lipinski definition) is 5. The summed E-state index contributed by atoms with van der Waals surface area (Å²) in [6.07, 6.45) is 2.62. The lowest BCUT2D eigenvalue weighted by atomic mass is 9.84. The highest BCUT2D eigenvalue weighted by Crippen LogP contribution is 2.33. The van der Waals surface area contributed by atoms with E-state index in [0.717, 1.165) is 27.0 Å². The molecule has 1 atom stereocenters. The van der Waals surface area contributed by atoms with Gasteiger partial charge in [0.1, 0.15) is 6.67 Å². The van der Waals surface area contributed by atoms with Gasteiger partial charge in [0.2, 0.25) is 0 Å². The van der Waals surface area contributed by atoms with Gasteiger partial charge >= 0.3 is 0 Å². The summed E-state index contributed by atoms with van der Waals surface area (Å²) in [6, 6.07) is 4.63. The lowest BCUT2D eigenvalue weighted by molar-refractivity contribution is -0.138. The van der Waals surface area contributed by atoms with E-state index in [1.807, 2.05) is 6.07 Å². The molecule has 2 bridgehead atoms. The summed E-state index contributed by atoms with van der Waals surface area (Å²) in [5.74, 6) is 1.57. The maximum Gasteiger partial charge on any atom is 0.252 e. The van der Waals surface area contributed by atoms with Gasteiger partial charge in [-0.05, 0) is 59.9 Å². The Hall–Kier alpha value is -0.430. The van der Waals surface area contributed by atoms with E-state index < -0.39 is 0 Å². The molecule has 1 unspecified atom stereocenters. The molecule has 0 amide bonds. The van der Waals surface area contributed by atoms with Crippen LogP contribution in [0.3, 0.4) is 0 Å². The lowest BCUT2D eigenvalue weighted by Crippen LogP contribution is -2.56. The van der Waals surface area contributed by atoms with Gasteiger partial charge in [-0.1, -0.05) is 0 Å². The van der Waals surface area contributed by atoms with Crippen LogP contribution in [0.4, 0.5) is 0 Å². The zero-order valence-corrected chi connectivity index (χ0v) is 13.0. The van der Waals surface area contributed by atoms with Gasteiger partial charge in [0.05, 0.1) is 14.7 Å². The Bertz CT molecular complexity index is 510. The predicted octanol–water partition coefficient (Wildman–Crippen LogP) is 2.56. The molecule has 6 heteroatoms. The fourth-order valence-electron chi connectivity index (χ4n) is 3.29. The Balaban J connectivity index is 1.46. The van der Waals surface area contributed by atoms with Gasteiger partial charge in [0.25, 0.3) is 5.90 Å². The van der Waals surface area contributed by atoms with Crippen molar-refractivity contribution in [2.75, 3.05) is 26.3 Å². The Morgan fingerprint density at radius 2 is 2.16 bits per heavy atom. The maximum atomic E-state index is 6.00. The number of hydrogen-bond donors (Lipinski definition) is 0. The van der Waals surface area contributed by atoms with E-state index in [2.05, 4.69) is 37.0 Å². The summed E-state index contributed by atoms with van der Waals surface area (Å²) in [6.45, 7) is 4.35. The number of aliphatic imine (C=N–C) groups is 1. The van der Waals surface area contributed by atoms with Gasteiger partial charge in [0.15, 0.2) is 0 Å². The second kappa shape index (κ2) is 4.84. The molecule has 3 saturated heterocycles. The number of thiophene rings is 1. The normalized spacial score (nSPS) is 34.4. The molecule has 19 heavy (non-hydrogen) atoms. The third-order valence-electron chi connectivity index (χ3n) is 4.33. The van der Waals surface area contributed by atoms with Crippen molar-refractivity contribution in [2.45, 2.75) is 18.9 Å². The Labute approximate surface area is 125 Å². The van der Waals surface area contributed by atoms with Crippen molar-refractivity contribution in [3.63, 3.8) is 0 Å². The molecule has 3 fully saturated rings. The second-order valence-electron chi connectivity index (χ2n) is 5.42. The highest BCUT2D eigenvalue weighted by atomic mass is 79.9. The molecular formula is C13H16BrN3OS. The van der Waals surface area contributed by atoms with Crippen molar-refractivity contribution in [1.29, 1.82) is 0 Å². The molecule has 5 rings (SSSR count). The van der Waals surface area contributed by atoms with Crippen LogP contribution in [0.25, 0.3) is 0 Å². The van der Waals surface area contributed by atoms with Crippen LogP contribution in [0.1, 0.15) is 17.7 Å². The van der Waals surface area contributed by atoms with E-state index in [1.54, 1.807) is 11.3 Å². The summed E-state index contributed by atoms with van der Waals surface area (Å²) >= 11 is 5.16. The van der Waals surface area contributed by atoms with Gasteiger partial charge < -0.3 is 9.74 Å². The van der Waals surface area contributed by atoms with E-state index in [0.29, 0.717) is 12.7 Å². The van der Waals surface area contributed by atoms with Crippen LogP contribution in [-0.4, -0.2) is 48.2 Å². The highest BCUT2D eigenvalue weighted by Gasteiger charge is 2.40. The van der Waals surface area contributed by atoms with Crippen LogP contribution in [0.5, 0.6) is 0 Å². The standard InChI is InChI=1S/C13H16BrN3OS/c14-12-2-1-11(19-12)13-15-8-17(18-13)10-7-16-5-3-9(10)4-6-16/h1-2,9-10H,3-8H2. The molecule has 0 radical (unpaired) electrons. The quantitative estimate of drug-likeness (QED) is 0.827. The fourth-order valence-corrected chi connectivity index (χ4v) is 4.61. The van der Waals surface area contributed by atoms with Crippen molar-refractivity contribution in [3.8, 4) is 0 Å². The van der Waals surface area contributed by atoms with Crippen LogP contribution in [0.15, 0.2) is 20.9 Å². The van der Waals surface area contributed by atoms with E-state index in [4.69, 9.17) is 4.84 Å². The number of nitrogens with zero attached hydrogens (tertiary/aromatic N) is 3. The molecule has 0 aromatic carbocycles. The molecule has 0 saturated carbocycles. The van der Waals surface area contributed by atoms with Gasteiger partial charge in [-0.2, -0.15) is 0 Å². The molecule has 102 valence electrons. The fraction of sp³-hybridized carbons (Fsp3) is 0.615. The first kappa shape index (κ1) is 12.3. The van der Waals surface area contributed by atoms with Crippen molar-refractivity contribution < 1.29 is 4.84 Å². The number of hydroxylamine groups is 2. The van der Waals surface area contributed by atoms with Crippen molar-refractivity contribution >= 4 is 33.2 Å². The molecule has 4 aliphatic rings. The highest BCUT2D eigenvalue weighted by molar-refractivity contribution is 9.11. The Kier molecular flexibility index (Phi) is 3.14. The van der Waals surface area contributed by atoms with E-state index in [1.165, 1.54) is 25.9 Å². The van der Waals surface area contributed by atoms with E-state index in [-0.39, 0.29) is 0 Å². The maximum absolute atomic E-state index is 6.00. The van der Waals surface area contributed by atoms with E-state index >= 15 is 0 Å². The van der Waals surface area contributed by atoms with Gasteiger partial charge in [0, 0.05) is 6.54 Å². The summed E-state index contributed by atoms with van der Waals surface area (Å²) in [4.78, 5) is 14.2. The summed E-state index contributed by atoms with van der Waals surface area (Å²) < 4.78 is 1.12. The first-order chi connectivity index (χ1) is 9.29. The van der Waals surface area contributed by atoms with Gasteiger partial charge in [-0.3, -0.25) is 0 Å². The molecule has 4 nitrogen and oxygen atoms in total. The zero-order valence-electron chi connectivity index (χ0n) is 10.6. The third kappa shape index (κ3) is 2.24. The largest absolute Gasteiger partial charge is 0.382 e. The predicted molar refractivity (Wildman–Crippen MR) is 79.3 cm³/mol. The van der Waals surface area contributed by atoms with Crippen LogP contribution >= 0.6 is 27.3 Å². The number of rotatable bonds is 2. The monoisotopic (exact) mass is 341 g/mol. The molecular weight excluding hydrogens is 326 g/mol. The third-order valence-corrected chi connectivity index (χ3v) is 5.94. The number of fused-ring (bicyclic) bond motifs is 3. The lowest BCUT2D eigenvalue weighted by Gasteiger charge is -2.46. The van der Waals surface area contributed by atoms with Crippen LogP contribution in [-0.2, 0) is 4.84 Å². The molecule has 0 N–H and O–H groups in total. The summed E-state index contributed by atoms with van der Waals surface area (Å²) in [7, 11) is 0. The van der Waals surface area contributed by atoms with Crippen LogP contribution < -0.4 is 0 Å². The SMILES string of the molecule is Brc1ccc(C2=NCN(C3CN4CCC3CC4)O2)s1. The summed E-state index contributed by atoms with van der Waals surface area (Å²) in [5.41, 5.74) is 0. The second-order valence-corrected chi connectivity index (χ2v) is 7.89. The smallest absolute Gasteiger partial charge is 0.252 e. The van der Waals surface area contributed by atoms with Gasteiger partial charge in [-0.25, -0.2) is 4.99 Å². The topological polar surface area (TPSA) is 28.1 Å². The first-order valence-electron chi connectivity index (χ1n) is 6.77. The molecule has 1 aromatic rings. The molecule has 0 spiro atoms.